The highest BCUT2D eigenvalue weighted by Gasteiger charge is 2.25. The molecular formula is C19H29N3O3S. The van der Waals surface area contributed by atoms with Gasteiger partial charge in [0.25, 0.3) is 0 Å². The van der Waals surface area contributed by atoms with Gasteiger partial charge in [-0.25, -0.2) is 17.5 Å². The quantitative estimate of drug-likeness (QED) is 0.822. The van der Waals surface area contributed by atoms with E-state index >= 15 is 0 Å². The number of rotatable bonds is 5. The van der Waals surface area contributed by atoms with Crippen LogP contribution in [-0.2, 0) is 16.4 Å². The van der Waals surface area contributed by atoms with Gasteiger partial charge < -0.3 is 10.6 Å². The Balaban J connectivity index is 1.39. The monoisotopic (exact) mass is 379 g/mol. The average Bonchev–Trinajstić information content (AvgIpc) is 2.64. The Morgan fingerprint density at radius 1 is 1.12 bits per heavy atom. The highest BCUT2D eigenvalue weighted by Crippen LogP contribution is 2.30. The maximum absolute atomic E-state index is 12.1. The predicted octanol–water partition coefficient (Wildman–Crippen LogP) is 2.08. The normalized spacial score (nSPS) is 21.8. The zero-order valence-electron chi connectivity index (χ0n) is 15.4. The summed E-state index contributed by atoms with van der Waals surface area (Å²) in [6, 6.07) is 8.38. The number of aryl methyl sites for hydroxylation is 1. The van der Waals surface area contributed by atoms with E-state index in [1.54, 1.807) is 0 Å². The van der Waals surface area contributed by atoms with Crippen molar-refractivity contribution in [3.8, 4) is 0 Å². The van der Waals surface area contributed by atoms with Crippen molar-refractivity contribution >= 4 is 16.1 Å². The van der Waals surface area contributed by atoms with Gasteiger partial charge in [0.05, 0.1) is 6.26 Å². The summed E-state index contributed by atoms with van der Waals surface area (Å²) in [4.78, 5) is 12.1. The Hall–Kier alpha value is -1.60. The van der Waals surface area contributed by atoms with E-state index in [1.807, 2.05) is 0 Å². The van der Waals surface area contributed by atoms with Crippen LogP contribution in [0.25, 0.3) is 0 Å². The minimum atomic E-state index is -3.09. The van der Waals surface area contributed by atoms with Crippen molar-refractivity contribution in [2.24, 2.45) is 5.92 Å². The molecule has 0 saturated carbocycles. The number of urea groups is 1. The van der Waals surface area contributed by atoms with Gasteiger partial charge in [0.15, 0.2) is 0 Å². The summed E-state index contributed by atoms with van der Waals surface area (Å²) in [5.41, 5.74) is 2.77. The van der Waals surface area contributed by atoms with E-state index in [-0.39, 0.29) is 6.03 Å². The molecule has 1 saturated heterocycles. The Morgan fingerprint density at radius 3 is 2.54 bits per heavy atom. The topological polar surface area (TPSA) is 78.5 Å². The molecule has 2 N–H and O–H groups in total. The van der Waals surface area contributed by atoms with Crippen molar-refractivity contribution in [1.29, 1.82) is 0 Å². The minimum absolute atomic E-state index is 0.126. The van der Waals surface area contributed by atoms with Gasteiger partial charge >= 0.3 is 6.03 Å². The third-order valence-corrected chi connectivity index (χ3v) is 6.90. The fourth-order valence-electron chi connectivity index (χ4n) is 4.03. The van der Waals surface area contributed by atoms with Crippen molar-refractivity contribution in [3.63, 3.8) is 0 Å². The van der Waals surface area contributed by atoms with E-state index in [9.17, 15) is 13.2 Å². The molecule has 7 heteroatoms. The molecule has 2 amide bonds. The Bertz CT molecular complexity index is 727. The first kappa shape index (κ1) is 19.2. The molecule has 0 radical (unpaired) electrons. The van der Waals surface area contributed by atoms with Gasteiger partial charge in [-0.2, -0.15) is 0 Å². The fourth-order valence-corrected chi connectivity index (χ4v) is 4.90. The molecule has 1 aromatic carbocycles. The number of piperidine rings is 1. The molecule has 3 rings (SSSR count). The number of sulfonamides is 1. The molecule has 26 heavy (non-hydrogen) atoms. The van der Waals surface area contributed by atoms with Crippen LogP contribution in [0.5, 0.6) is 0 Å². The predicted molar refractivity (Wildman–Crippen MR) is 103 cm³/mol. The molecule has 6 nitrogen and oxygen atoms in total. The lowest BCUT2D eigenvalue weighted by Gasteiger charge is -2.30. The highest BCUT2D eigenvalue weighted by atomic mass is 32.2. The third kappa shape index (κ3) is 4.98. The zero-order chi connectivity index (χ0) is 18.6. The number of carbonyl (C=O) groups excluding carboxylic acids is 1. The van der Waals surface area contributed by atoms with E-state index in [4.69, 9.17) is 0 Å². The Kier molecular flexibility index (Phi) is 6.19. The second-order valence-electron chi connectivity index (χ2n) is 7.48. The van der Waals surface area contributed by atoms with Gasteiger partial charge in [-0.3, -0.25) is 0 Å². The molecule has 0 bridgehead atoms. The summed E-state index contributed by atoms with van der Waals surface area (Å²) < 4.78 is 24.6. The second-order valence-corrected chi connectivity index (χ2v) is 9.47. The number of hydrogen-bond donors (Lipinski definition) is 2. The molecule has 2 aliphatic rings. The molecule has 1 atom stereocenters. The Morgan fingerprint density at radius 2 is 1.81 bits per heavy atom. The summed E-state index contributed by atoms with van der Waals surface area (Å²) in [7, 11) is -3.09. The number of amides is 2. The maximum atomic E-state index is 12.1. The van der Waals surface area contributed by atoms with E-state index in [2.05, 4.69) is 34.9 Å². The zero-order valence-corrected chi connectivity index (χ0v) is 16.2. The molecule has 1 fully saturated rings. The number of fused-ring (bicyclic) bond motifs is 1. The first-order valence-corrected chi connectivity index (χ1v) is 11.3. The van der Waals surface area contributed by atoms with Gasteiger partial charge in [-0.15, -0.1) is 0 Å². The minimum Gasteiger partial charge on any atom is -0.338 e. The molecule has 0 aromatic heterocycles. The first-order chi connectivity index (χ1) is 12.4. The van der Waals surface area contributed by atoms with Crippen molar-refractivity contribution < 1.29 is 13.2 Å². The molecule has 1 aliphatic heterocycles. The van der Waals surface area contributed by atoms with Crippen molar-refractivity contribution in [1.82, 2.24) is 14.9 Å². The van der Waals surface area contributed by atoms with Gasteiger partial charge in [0.2, 0.25) is 10.0 Å². The summed E-state index contributed by atoms with van der Waals surface area (Å²) >= 11 is 0. The van der Waals surface area contributed by atoms with E-state index in [0.29, 0.717) is 38.0 Å². The van der Waals surface area contributed by atoms with Gasteiger partial charge in [-0.1, -0.05) is 24.3 Å². The van der Waals surface area contributed by atoms with Crippen molar-refractivity contribution in [2.75, 3.05) is 32.4 Å². The lowest BCUT2D eigenvalue weighted by atomic mass is 9.83. The molecule has 1 aliphatic carbocycles. The van der Waals surface area contributed by atoms with Crippen LogP contribution in [0.1, 0.15) is 42.7 Å². The molecule has 1 heterocycles. The molecular weight excluding hydrogens is 350 g/mol. The van der Waals surface area contributed by atoms with E-state index in [1.165, 1.54) is 28.1 Å². The summed E-state index contributed by atoms with van der Waals surface area (Å²) in [5, 5.41) is 5.96. The fraction of sp³-hybridized carbons (Fsp3) is 0.632. The smallest absolute Gasteiger partial charge is 0.314 e. The lowest BCUT2D eigenvalue weighted by Crippen LogP contribution is -2.44. The number of nitrogens with zero attached hydrogens (tertiary/aromatic N) is 1. The molecule has 0 spiro atoms. The van der Waals surface area contributed by atoms with Gasteiger partial charge in [0, 0.05) is 32.1 Å². The van der Waals surface area contributed by atoms with Gasteiger partial charge in [-0.05, 0) is 49.1 Å². The number of hydrogen-bond acceptors (Lipinski definition) is 3. The number of carbonyl (C=O) groups is 1. The van der Waals surface area contributed by atoms with Gasteiger partial charge in [0.1, 0.15) is 0 Å². The average molecular weight is 380 g/mol. The molecule has 144 valence electrons. The lowest BCUT2D eigenvalue weighted by molar-refractivity contribution is 0.230. The van der Waals surface area contributed by atoms with Crippen LogP contribution in [0.2, 0.25) is 0 Å². The third-order valence-electron chi connectivity index (χ3n) is 5.60. The van der Waals surface area contributed by atoms with Crippen LogP contribution in [0.3, 0.4) is 0 Å². The standard InChI is InChI=1S/C19H29N3O3S/c1-26(24,25)22-11-9-15(10-12-22)13-20-19(23)21-14-17-7-4-6-16-5-2-3-8-18(16)17/h2-3,5,8,15,17H,4,6-7,9-14H2,1H3,(H2,20,21,23)/t17-/m0/s1. The number of benzene rings is 1. The van der Waals surface area contributed by atoms with Crippen LogP contribution >= 0.6 is 0 Å². The maximum Gasteiger partial charge on any atom is 0.314 e. The van der Waals surface area contributed by atoms with Crippen LogP contribution in [0, 0.1) is 5.92 Å². The second kappa shape index (κ2) is 8.39. The summed E-state index contributed by atoms with van der Waals surface area (Å²) in [6.07, 6.45) is 6.26. The summed E-state index contributed by atoms with van der Waals surface area (Å²) in [6.45, 7) is 2.36. The van der Waals surface area contributed by atoms with E-state index in [0.717, 1.165) is 25.7 Å². The molecule has 1 aromatic rings. The van der Waals surface area contributed by atoms with Crippen molar-refractivity contribution in [3.05, 3.63) is 35.4 Å². The summed E-state index contributed by atoms with van der Waals surface area (Å²) in [5.74, 6) is 0.734. The number of nitrogens with one attached hydrogen (secondary N) is 2. The SMILES string of the molecule is CS(=O)(=O)N1CCC(CNC(=O)NC[C@@H]2CCCc3ccccc32)CC1. The van der Waals surface area contributed by atoms with Crippen LogP contribution in [-0.4, -0.2) is 51.2 Å². The van der Waals surface area contributed by atoms with Crippen LogP contribution in [0.4, 0.5) is 4.79 Å². The first-order valence-electron chi connectivity index (χ1n) is 9.48. The van der Waals surface area contributed by atoms with E-state index < -0.39 is 10.0 Å². The Labute approximate surface area is 156 Å². The van der Waals surface area contributed by atoms with Crippen LogP contribution in [0.15, 0.2) is 24.3 Å². The van der Waals surface area contributed by atoms with Crippen LogP contribution < -0.4 is 10.6 Å². The largest absolute Gasteiger partial charge is 0.338 e. The molecule has 0 unspecified atom stereocenters. The van der Waals surface area contributed by atoms with Crippen molar-refractivity contribution in [2.45, 2.75) is 38.0 Å². The highest BCUT2D eigenvalue weighted by molar-refractivity contribution is 7.88.